The predicted octanol–water partition coefficient (Wildman–Crippen LogP) is 4.27. The molecule has 1 aromatic heterocycles. The van der Waals surface area contributed by atoms with E-state index in [0.29, 0.717) is 6.04 Å². The number of rotatable bonds is 4. The number of aryl methyl sites for hydroxylation is 1. The molecule has 0 N–H and O–H groups in total. The minimum absolute atomic E-state index is 0.619. The second-order valence-corrected chi connectivity index (χ2v) is 8.70. The maximum Gasteiger partial charge on any atom is 0.0968 e. The maximum absolute atomic E-state index is 4.80. The van der Waals surface area contributed by atoms with Crippen molar-refractivity contribution in [1.29, 1.82) is 0 Å². The van der Waals surface area contributed by atoms with Gasteiger partial charge in [0.25, 0.3) is 0 Å². The molecule has 1 saturated carbocycles. The summed E-state index contributed by atoms with van der Waals surface area (Å²) in [5.74, 6) is 0.767. The number of hydrogen-bond acceptors (Lipinski definition) is 3. The molecule has 1 aromatic carbocycles. The molecule has 0 radical (unpaired) electrons. The molecule has 2 fully saturated rings. The monoisotopic (exact) mass is 366 g/mol. The molecule has 1 saturated heterocycles. The van der Waals surface area contributed by atoms with E-state index in [0.717, 1.165) is 37.8 Å². The van der Waals surface area contributed by atoms with Crippen LogP contribution in [0.15, 0.2) is 30.5 Å². The van der Waals surface area contributed by atoms with Gasteiger partial charge in [-0.1, -0.05) is 43.5 Å². The number of benzene rings is 1. The Bertz CT molecular complexity index is 742. The average molecular weight is 367 g/mol. The Morgan fingerprint density at radius 1 is 1.00 bits per heavy atom. The lowest BCUT2D eigenvalue weighted by Gasteiger charge is -2.37. The summed E-state index contributed by atoms with van der Waals surface area (Å²) < 4.78 is 1.97. The molecule has 2 aliphatic rings. The fourth-order valence-corrected chi connectivity index (χ4v) is 4.75. The first-order chi connectivity index (χ1) is 13.1. The van der Waals surface area contributed by atoms with Crippen molar-refractivity contribution in [2.24, 2.45) is 7.05 Å². The maximum atomic E-state index is 4.80. The topological polar surface area (TPSA) is 24.3 Å². The molecule has 4 heteroatoms. The van der Waals surface area contributed by atoms with Gasteiger partial charge in [-0.2, -0.15) is 5.10 Å². The molecule has 4 nitrogen and oxygen atoms in total. The second kappa shape index (κ2) is 8.15. The van der Waals surface area contributed by atoms with E-state index in [2.05, 4.69) is 54.2 Å². The van der Waals surface area contributed by atoms with Crippen LogP contribution in [0.2, 0.25) is 0 Å². The highest BCUT2D eigenvalue weighted by Gasteiger charge is 2.22. The molecule has 0 spiro atoms. The van der Waals surface area contributed by atoms with E-state index in [1.54, 1.807) is 0 Å². The Morgan fingerprint density at radius 3 is 2.44 bits per heavy atom. The SMILES string of the molecule is C[C@@H]1CN(Cc2cn(C)nc2-c2ccc(C3CCCCC3)cc2)CCN1C. The fourth-order valence-electron chi connectivity index (χ4n) is 4.75. The van der Waals surface area contributed by atoms with E-state index in [4.69, 9.17) is 5.10 Å². The molecule has 146 valence electrons. The predicted molar refractivity (Wildman–Crippen MR) is 112 cm³/mol. The number of hydrogen-bond donors (Lipinski definition) is 0. The van der Waals surface area contributed by atoms with Crippen LogP contribution >= 0.6 is 0 Å². The van der Waals surface area contributed by atoms with Crippen LogP contribution < -0.4 is 0 Å². The first-order valence-electron chi connectivity index (χ1n) is 10.7. The second-order valence-electron chi connectivity index (χ2n) is 8.70. The summed E-state index contributed by atoms with van der Waals surface area (Å²) in [6.07, 6.45) is 9.11. The Hall–Kier alpha value is -1.65. The van der Waals surface area contributed by atoms with E-state index >= 15 is 0 Å². The molecule has 1 aliphatic carbocycles. The third kappa shape index (κ3) is 4.27. The van der Waals surface area contributed by atoms with Gasteiger partial charge in [-0.25, -0.2) is 0 Å². The molecule has 1 atom stereocenters. The highest BCUT2D eigenvalue weighted by Crippen LogP contribution is 2.34. The number of likely N-dealkylation sites (N-methyl/N-ethyl adjacent to an activating group) is 1. The highest BCUT2D eigenvalue weighted by atomic mass is 15.3. The number of nitrogens with zero attached hydrogens (tertiary/aromatic N) is 4. The van der Waals surface area contributed by atoms with Crippen molar-refractivity contribution in [2.75, 3.05) is 26.7 Å². The van der Waals surface area contributed by atoms with Gasteiger partial charge in [0.05, 0.1) is 5.69 Å². The van der Waals surface area contributed by atoms with Crippen LogP contribution in [0.3, 0.4) is 0 Å². The summed E-state index contributed by atoms with van der Waals surface area (Å²) in [4.78, 5) is 5.02. The smallest absolute Gasteiger partial charge is 0.0968 e. The van der Waals surface area contributed by atoms with Crippen molar-refractivity contribution in [3.8, 4) is 11.3 Å². The molecule has 0 amide bonds. The van der Waals surface area contributed by atoms with Gasteiger partial charge in [-0.3, -0.25) is 9.58 Å². The third-order valence-electron chi connectivity index (χ3n) is 6.60. The minimum atomic E-state index is 0.619. The average Bonchev–Trinajstić information content (AvgIpc) is 3.06. The molecular formula is C23H34N4. The molecule has 2 heterocycles. The highest BCUT2D eigenvalue weighted by molar-refractivity contribution is 5.63. The zero-order valence-corrected chi connectivity index (χ0v) is 17.2. The Balaban J connectivity index is 1.50. The van der Waals surface area contributed by atoms with E-state index in [1.807, 2.05) is 11.7 Å². The normalized spacial score (nSPS) is 23.0. The molecule has 27 heavy (non-hydrogen) atoms. The van der Waals surface area contributed by atoms with Crippen molar-refractivity contribution >= 4 is 0 Å². The van der Waals surface area contributed by atoms with Gasteiger partial charge in [-0.15, -0.1) is 0 Å². The molecule has 4 rings (SSSR count). The van der Waals surface area contributed by atoms with Gasteiger partial charge in [0.15, 0.2) is 0 Å². The van der Waals surface area contributed by atoms with E-state index in [9.17, 15) is 0 Å². The van der Waals surface area contributed by atoms with Crippen LogP contribution in [-0.2, 0) is 13.6 Å². The van der Waals surface area contributed by atoms with Crippen LogP contribution in [0, 0.1) is 0 Å². The summed E-state index contributed by atoms with van der Waals surface area (Å²) >= 11 is 0. The van der Waals surface area contributed by atoms with Crippen molar-refractivity contribution in [3.63, 3.8) is 0 Å². The molecule has 0 bridgehead atoms. The first-order valence-corrected chi connectivity index (χ1v) is 10.7. The molecule has 1 aliphatic heterocycles. The van der Waals surface area contributed by atoms with Gasteiger partial charge >= 0.3 is 0 Å². The van der Waals surface area contributed by atoms with Gasteiger partial charge in [0, 0.05) is 56.6 Å². The van der Waals surface area contributed by atoms with Crippen molar-refractivity contribution in [2.45, 2.75) is 57.5 Å². The van der Waals surface area contributed by atoms with Gasteiger partial charge in [0.1, 0.15) is 0 Å². The zero-order chi connectivity index (χ0) is 18.8. The zero-order valence-electron chi connectivity index (χ0n) is 17.2. The Kier molecular flexibility index (Phi) is 5.65. The standard InChI is InChI=1S/C23H34N4/c1-18-15-27(14-13-25(18)2)17-22-16-26(3)24-23(22)21-11-9-20(10-12-21)19-7-5-4-6-8-19/h9-12,16,18-19H,4-8,13-15,17H2,1-3H3/t18-/m1/s1. The van der Waals surface area contributed by atoms with Crippen molar-refractivity contribution in [3.05, 3.63) is 41.6 Å². The Morgan fingerprint density at radius 2 is 1.74 bits per heavy atom. The summed E-state index contributed by atoms with van der Waals surface area (Å²) in [6, 6.07) is 9.91. The summed E-state index contributed by atoms with van der Waals surface area (Å²) in [5, 5.41) is 4.80. The van der Waals surface area contributed by atoms with Crippen LogP contribution in [0.25, 0.3) is 11.3 Å². The van der Waals surface area contributed by atoms with Crippen LogP contribution in [-0.4, -0.2) is 52.3 Å². The minimum Gasteiger partial charge on any atom is -0.301 e. The van der Waals surface area contributed by atoms with Crippen LogP contribution in [0.4, 0.5) is 0 Å². The third-order valence-corrected chi connectivity index (χ3v) is 6.60. The lowest BCUT2D eigenvalue weighted by Crippen LogP contribution is -2.49. The van der Waals surface area contributed by atoms with Crippen molar-refractivity contribution < 1.29 is 0 Å². The summed E-state index contributed by atoms with van der Waals surface area (Å²) in [6.45, 7) is 6.72. The van der Waals surface area contributed by atoms with Crippen LogP contribution in [0.1, 0.15) is 56.1 Å². The molecular weight excluding hydrogens is 332 g/mol. The molecule has 0 unspecified atom stereocenters. The summed E-state index contributed by atoms with van der Waals surface area (Å²) in [5.41, 5.74) is 5.27. The number of aromatic nitrogens is 2. The van der Waals surface area contributed by atoms with Gasteiger partial charge < -0.3 is 4.90 Å². The largest absolute Gasteiger partial charge is 0.301 e. The Labute approximate surface area is 164 Å². The quantitative estimate of drug-likeness (QED) is 0.807. The first kappa shape index (κ1) is 18.7. The summed E-state index contributed by atoms with van der Waals surface area (Å²) in [7, 11) is 4.27. The van der Waals surface area contributed by atoms with E-state index in [1.165, 1.54) is 48.8 Å². The fraction of sp³-hybridized carbons (Fsp3) is 0.609. The number of piperazine rings is 1. The lowest BCUT2D eigenvalue weighted by atomic mass is 9.84. The van der Waals surface area contributed by atoms with E-state index in [-0.39, 0.29) is 0 Å². The van der Waals surface area contributed by atoms with E-state index < -0.39 is 0 Å². The molecule has 2 aromatic rings. The van der Waals surface area contributed by atoms with Gasteiger partial charge in [-0.05, 0) is 38.3 Å². The van der Waals surface area contributed by atoms with Gasteiger partial charge in [0.2, 0.25) is 0 Å². The van der Waals surface area contributed by atoms with Crippen molar-refractivity contribution in [1.82, 2.24) is 19.6 Å². The van der Waals surface area contributed by atoms with Crippen LogP contribution in [0.5, 0.6) is 0 Å². The lowest BCUT2D eigenvalue weighted by molar-refractivity contribution is 0.100.